The highest BCUT2D eigenvalue weighted by Crippen LogP contribution is 2.29. The third kappa shape index (κ3) is 2.64. The number of aromatic nitrogens is 1. The van der Waals surface area contributed by atoms with Crippen LogP contribution in [0.1, 0.15) is 12.5 Å². The van der Waals surface area contributed by atoms with E-state index in [4.69, 9.17) is 0 Å². The lowest BCUT2D eigenvalue weighted by atomic mass is 10.1. The van der Waals surface area contributed by atoms with Gasteiger partial charge in [-0.05, 0) is 19.1 Å². The van der Waals surface area contributed by atoms with Gasteiger partial charge in [-0.15, -0.1) is 0 Å². The second-order valence-electron chi connectivity index (χ2n) is 4.53. The zero-order valence-corrected chi connectivity index (χ0v) is 10.6. The summed E-state index contributed by atoms with van der Waals surface area (Å²) in [6.07, 6.45) is -3.60. The number of carbonyl (C=O) groups excluding carboxylic acids is 1. The van der Waals surface area contributed by atoms with E-state index in [-0.39, 0.29) is 5.91 Å². The monoisotopic (exact) mass is 273 g/mol. The maximum Gasteiger partial charge on any atom is 0.417 e. The van der Waals surface area contributed by atoms with Crippen molar-refractivity contribution < 1.29 is 18.0 Å². The molecular formula is C12H14F3N3O. The van der Waals surface area contributed by atoms with Gasteiger partial charge in [0.15, 0.2) is 0 Å². The smallest absolute Gasteiger partial charge is 0.343 e. The van der Waals surface area contributed by atoms with Crippen LogP contribution in [0.3, 0.4) is 0 Å². The molecule has 1 amide bonds. The Morgan fingerprint density at radius 2 is 2.00 bits per heavy atom. The minimum Gasteiger partial charge on any atom is -0.343 e. The molecule has 0 unspecified atom stereocenters. The number of piperazine rings is 1. The van der Waals surface area contributed by atoms with Crippen LogP contribution in [0.2, 0.25) is 0 Å². The number of anilines is 1. The van der Waals surface area contributed by atoms with Gasteiger partial charge < -0.3 is 9.80 Å². The summed E-state index contributed by atoms with van der Waals surface area (Å²) in [6.45, 7) is 2.81. The Morgan fingerprint density at radius 1 is 1.32 bits per heavy atom. The number of rotatable bonds is 1. The molecule has 1 saturated heterocycles. The molecule has 0 radical (unpaired) electrons. The Kier molecular flexibility index (Phi) is 3.38. The highest BCUT2D eigenvalue weighted by molar-refractivity contribution is 5.85. The molecule has 19 heavy (non-hydrogen) atoms. The van der Waals surface area contributed by atoms with E-state index in [1.807, 2.05) is 0 Å². The molecule has 1 aromatic rings. The largest absolute Gasteiger partial charge is 0.417 e. The van der Waals surface area contributed by atoms with E-state index in [0.29, 0.717) is 18.9 Å². The summed E-state index contributed by atoms with van der Waals surface area (Å²) in [5.41, 5.74) is -0.788. The first kappa shape index (κ1) is 13.6. The van der Waals surface area contributed by atoms with Crippen LogP contribution in [0.4, 0.5) is 19.0 Å². The van der Waals surface area contributed by atoms with Crippen LogP contribution in [0.15, 0.2) is 18.3 Å². The molecule has 1 fully saturated rings. The molecular weight excluding hydrogens is 259 g/mol. The van der Waals surface area contributed by atoms with E-state index in [9.17, 15) is 18.0 Å². The van der Waals surface area contributed by atoms with Crippen LogP contribution in [-0.4, -0.2) is 42.0 Å². The lowest BCUT2D eigenvalue weighted by molar-refractivity contribution is -0.138. The van der Waals surface area contributed by atoms with Crippen LogP contribution in [0.25, 0.3) is 0 Å². The minimum absolute atomic E-state index is 0.0621. The first-order chi connectivity index (χ1) is 8.80. The molecule has 2 heterocycles. The first-order valence-electron chi connectivity index (χ1n) is 5.85. The topological polar surface area (TPSA) is 36.4 Å². The average molecular weight is 273 g/mol. The fourth-order valence-electron chi connectivity index (χ4n) is 2.05. The van der Waals surface area contributed by atoms with Crippen molar-refractivity contribution in [3.05, 3.63) is 23.9 Å². The third-order valence-electron chi connectivity index (χ3n) is 3.25. The van der Waals surface area contributed by atoms with Crippen LogP contribution in [-0.2, 0) is 11.0 Å². The van der Waals surface area contributed by atoms with E-state index in [2.05, 4.69) is 4.98 Å². The molecule has 1 aromatic heterocycles. The molecule has 0 spiro atoms. The fourth-order valence-corrected chi connectivity index (χ4v) is 2.05. The number of alkyl halides is 3. The van der Waals surface area contributed by atoms with Crippen molar-refractivity contribution in [2.45, 2.75) is 19.1 Å². The zero-order valence-electron chi connectivity index (χ0n) is 10.6. The summed E-state index contributed by atoms with van der Waals surface area (Å²) in [5.74, 6) is 0.329. The Balaban J connectivity index is 2.21. The van der Waals surface area contributed by atoms with Crippen molar-refractivity contribution in [1.29, 1.82) is 0 Å². The number of hydrogen-bond acceptors (Lipinski definition) is 3. The predicted octanol–water partition coefficient (Wildman–Crippen LogP) is 1.77. The molecule has 4 nitrogen and oxygen atoms in total. The zero-order chi connectivity index (χ0) is 14.2. The van der Waals surface area contributed by atoms with Gasteiger partial charge in [-0.3, -0.25) is 4.79 Å². The van der Waals surface area contributed by atoms with Crippen LogP contribution < -0.4 is 4.90 Å². The summed E-state index contributed by atoms with van der Waals surface area (Å²) >= 11 is 0. The maximum atomic E-state index is 12.4. The lowest BCUT2D eigenvalue weighted by Crippen LogP contribution is -2.54. The lowest BCUT2D eigenvalue weighted by Gasteiger charge is -2.38. The van der Waals surface area contributed by atoms with Gasteiger partial charge in [-0.2, -0.15) is 13.2 Å². The molecule has 0 saturated carbocycles. The van der Waals surface area contributed by atoms with Crippen LogP contribution in [0, 0.1) is 0 Å². The van der Waals surface area contributed by atoms with Gasteiger partial charge in [-0.1, -0.05) is 0 Å². The van der Waals surface area contributed by atoms with Gasteiger partial charge >= 0.3 is 6.18 Å². The predicted molar refractivity (Wildman–Crippen MR) is 63.7 cm³/mol. The van der Waals surface area contributed by atoms with Gasteiger partial charge in [0.2, 0.25) is 5.91 Å². The fraction of sp³-hybridized carbons (Fsp3) is 0.500. The Labute approximate surface area is 108 Å². The van der Waals surface area contributed by atoms with Gasteiger partial charge in [-0.25, -0.2) is 4.98 Å². The Hall–Kier alpha value is -1.79. The molecule has 0 N–H and O–H groups in total. The minimum atomic E-state index is -4.39. The van der Waals surface area contributed by atoms with E-state index >= 15 is 0 Å². The van der Waals surface area contributed by atoms with Crippen LogP contribution >= 0.6 is 0 Å². The third-order valence-corrected chi connectivity index (χ3v) is 3.25. The molecule has 1 aliphatic rings. The SMILES string of the molecule is C[C@@H]1C(=O)N(C)CCN1c1ccc(C(F)(F)F)cn1. The molecule has 0 aromatic carbocycles. The molecule has 0 bridgehead atoms. The number of pyridine rings is 1. The number of halogens is 3. The van der Waals surface area contributed by atoms with E-state index in [0.717, 1.165) is 12.3 Å². The van der Waals surface area contributed by atoms with Crippen molar-refractivity contribution in [3.63, 3.8) is 0 Å². The first-order valence-corrected chi connectivity index (χ1v) is 5.85. The average Bonchev–Trinajstić information content (AvgIpc) is 2.35. The summed E-state index contributed by atoms with van der Waals surface area (Å²) < 4.78 is 37.3. The van der Waals surface area contributed by atoms with Crippen LogP contribution in [0.5, 0.6) is 0 Å². The summed E-state index contributed by atoms with van der Waals surface area (Å²) in [7, 11) is 1.70. The standard InChI is InChI=1S/C12H14F3N3O/c1-8-11(19)17(2)5-6-18(8)10-4-3-9(7-16-10)12(13,14)15/h3-4,7-8H,5-6H2,1-2H3/t8-/m1/s1. The maximum absolute atomic E-state index is 12.4. The van der Waals surface area contributed by atoms with Gasteiger partial charge in [0.25, 0.3) is 0 Å². The molecule has 1 aliphatic heterocycles. The molecule has 104 valence electrons. The molecule has 0 aliphatic carbocycles. The Morgan fingerprint density at radius 3 is 2.53 bits per heavy atom. The van der Waals surface area contributed by atoms with Crippen molar-refractivity contribution >= 4 is 11.7 Å². The summed E-state index contributed by atoms with van der Waals surface area (Å²) in [4.78, 5) is 18.9. The Bertz CT molecular complexity index is 472. The molecule has 7 heteroatoms. The highest BCUT2D eigenvalue weighted by Gasteiger charge is 2.33. The van der Waals surface area contributed by atoms with Crippen molar-refractivity contribution in [2.24, 2.45) is 0 Å². The quantitative estimate of drug-likeness (QED) is 0.782. The van der Waals surface area contributed by atoms with E-state index in [1.165, 1.54) is 6.07 Å². The van der Waals surface area contributed by atoms with Gasteiger partial charge in [0.1, 0.15) is 11.9 Å². The molecule has 2 rings (SSSR count). The molecule has 1 atom stereocenters. The number of hydrogen-bond donors (Lipinski definition) is 0. The number of amides is 1. The summed E-state index contributed by atoms with van der Waals surface area (Å²) in [5, 5.41) is 0. The van der Waals surface area contributed by atoms with Crippen molar-refractivity contribution in [2.75, 3.05) is 25.0 Å². The van der Waals surface area contributed by atoms with Gasteiger partial charge in [0, 0.05) is 26.3 Å². The van der Waals surface area contributed by atoms with E-state index in [1.54, 1.807) is 23.8 Å². The van der Waals surface area contributed by atoms with Crippen molar-refractivity contribution in [1.82, 2.24) is 9.88 Å². The second-order valence-corrected chi connectivity index (χ2v) is 4.53. The number of likely N-dealkylation sites (N-methyl/N-ethyl adjacent to an activating group) is 1. The normalized spacial score (nSPS) is 20.9. The van der Waals surface area contributed by atoms with Crippen molar-refractivity contribution in [3.8, 4) is 0 Å². The summed E-state index contributed by atoms with van der Waals surface area (Å²) in [6, 6.07) is 1.87. The number of carbonyl (C=O) groups is 1. The highest BCUT2D eigenvalue weighted by atomic mass is 19.4. The number of nitrogens with zero attached hydrogens (tertiary/aromatic N) is 3. The van der Waals surface area contributed by atoms with Gasteiger partial charge in [0.05, 0.1) is 5.56 Å². The second kappa shape index (κ2) is 4.71. The van der Waals surface area contributed by atoms with E-state index < -0.39 is 17.8 Å².